The zero-order chi connectivity index (χ0) is 16.7. The molecule has 0 amide bonds. The number of benzene rings is 1. The van der Waals surface area contributed by atoms with E-state index in [9.17, 15) is 8.42 Å². The Labute approximate surface area is 140 Å². The minimum absolute atomic E-state index is 0.453. The Kier molecular flexibility index (Phi) is 7.02. The highest BCUT2D eigenvalue weighted by atomic mass is 32.2. The van der Waals surface area contributed by atoms with Crippen molar-refractivity contribution in [1.29, 1.82) is 0 Å². The summed E-state index contributed by atoms with van der Waals surface area (Å²) < 4.78 is 25.7. The summed E-state index contributed by atoms with van der Waals surface area (Å²) in [5.74, 6) is 0. The van der Waals surface area contributed by atoms with Gasteiger partial charge in [0, 0.05) is 32.7 Å². The van der Waals surface area contributed by atoms with E-state index in [4.69, 9.17) is 0 Å². The fraction of sp³-hybridized carbons (Fsp3) is 0.647. The molecule has 0 saturated carbocycles. The highest BCUT2D eigenvalue weighted by molar-refractivity contribution is 7.88. The molecule has 1 aliphatic rings. The maximum Gasteiger partial charge on any atom is 0.211 e. The minimum atomic E-state index is -3.19. The van der Waals surface area contributed by atoms with Crippen LogP contribution in [0.2, 0.25) is 0 Å². The number of hydrogen-bond acceptors (Lipinski definition) is 4. The van der Waals surface area contributed by atoms with Crippen molar-refractivity contribution in [2.45, 2.75) is 19.9 Å². The first kappa shape index (κ1) is 18.4. The smallest absolute Gasteiger partial charge is 0.211 e. The van der Waals surface area contributed by atoms with E-state index < -0.39 is 10.0 Å². The van der Waals surface area contributed by atoms with Crippen LogP contribution >= 0.6 is 0 Å². The quantitative estimate of drug-likeness (QED) is 0.755. The molecule has 0 aliphatic carbocycles. The van der Waals surface area contributed by atoms with Gasteiger partial charge in [0.25, 0.3) is 0 Å². The molecule has 5 nitrogen and oxygen atoms in total. The number of rotatable bonds is 7. The van der Waals surface area contributed by atoms with Gasteiger partial charge in [-0.1, -0.05) is 37.3 Å². The molecule has 1 fully saturated rings. The van der Waals surface area contributed by atoms with Crippen molar-refractivity contribution < 1.29 is 8.42 Å². The minimum Gasteiger partial charge on any atom is -0.302 e. The molecule has 0 aromatic heterocycles. The first-order valence-corrected chi connectivity index (χ1v) is 10.3. The lowest BCUT2D eigenvalue weighted by molar-refractivity contribution is 0.244. The lowest BCUT2D eigenvalue weighted by Gasteiger charge is -2.25. The zero-order valence-corrected chi connectivity index (χ0v) is 15.1. The molecular formula is C17H29N3O2S. The molecule has 23 heavy (non-hydrogen) atoms. The van der Waals surface area contributed by atoms with Crippen LogP contribution in [-0.2, 0) is 16.6 Å². The van der Waals surface area contributed by atoms with E-state index in [0.717, 1.165) is 51.3 Å². The van der Waals surface area contributed by atoms with E-state index in [0.29, 0.717) is 13.1 Å². The summed E-state index contributed by atoms with van der Waals surface area (Å²) in [7, 11) is -3.19. The van der Waals surface area contributed by atoms with E-state index in [1.165, 1.54) is 6.26 Å². The second-order valence-corrected chi connectivity index (χ2v) is 8.19. The highest BCUT2D eigenvalue weighted by Gasteiger charge is 2.19. The second-order valence-electron chi connectivity index (χ2n) is 6.21. The Morgan fingerprint density at radius 3 is 2.35 bits per heavy atom. The number of nitrogens with zero attached hydrogens (tertiary/aromatic N) is 3. The molecule has 1 saturated heterocycles. The normalized spacial score (nSPS) is 18.2. The summed E-state index contributed by atoms with van der Waals surface area (Å²) in [6.45, 7) is 9.40. The third kappa shape index (κ3) is 6.22. The summed E-state index contributed by atoms with van der Waals surface area (Å²) in [5, 5.41) is 0. The molecule has 1 aromatic carbocycles. The van der Waals surface area contributed by atoms with Crippen LogP contribution in [0.15, 0.2) is 30.3 Å². The molecule has 0 spiro atoms. The molecular weight excluding hydrogens is 310 g/mol. The van der Waals surface area contributed by atoms with Crippen molar-refractivity contribution in [1.82, 2.24) is 14.1 Å². The maximum atomic E-state index is 12.1. The van der Waals surface area contributed by atoms with Crippen LogP contribution in [0.5, 0.6) is 0 Å². The second kappa shape index (κ2) is 8.78. The predicted molar refractivity (Wildman–Crippen MR) is 94.9 cm³/mol. The summed E-state index contributed by atoms with van der Waals surface area (Å²) in [6.07, 6.45) is 2.46. The highest BCUT2D eigenvalue weighted by Crippen LogP contribution is 2.09. The van der Waals surface area contributed by atoms with Crippen molar-refractivity contribution in [3.63, 3.8) is 0 Å². The van der Waals surface area contributed by atoms with E-state index in [-0.39, 0.29) is 0 Å². The van der Waals surface area contributed by atoms with Crippen LogP contribution < -0.4 is 0 Å². The Hall–Kier alpha value is -0.950. The molecule has 1 aliphatic heterocycles. The van der Waals surface area contributed by atoms with E-state index in [1.807, 2.05) is 30.3 Å². The average Bonchev–Trinajstić information content (AvgIpc) is 2.76. The largest absolute Gasteiger partial charge is 0.302 e. The van der Waals surface area contributed by atoms with Gasteiger partial charge in [0.05, 0.1) is 6.26 Å². The Bertz CT molecular complexity index is 562. The van der Waals surface area contributed by atoms with Crippen molar-refractivity contribution >= 4 is 10.0 Å². The molecule has 6 heteroatoms. The van der Waals surface area contributed by atoms with Gasteiger partial charge in [-0.25, -0.2) is 8.42 Å². The van der Waals surface area contributed by atoms with Gasteiger partial charge in [0.2, 0.25) is 10.0 Å². The van der Waals surface area contributed by atoms with Crippen molar-refractivity contribution in [2.24, 2.45) is 0 Å². The summed E-state index contributed by atoms with van der Waals surface area (Å²) in [6, 6.07) is 9.80. The van der Waals surface area contributed by atoms with Gasteiger partial charge in [-0.15, -0.1) is 0 Å². The lowest BCUT2D eigenvalue weighted by Crippen LogP contribution is -2.39. The predicted octanol–water partition coefficient (Wildman–Crippen LogP) is 1.48. The van der Waals surface area contributed by atoms with Crippen LogP contribution in [0.1, 0.15) is 18.9 Å². The van der Waals surface area contributed by atoms with E-state index >= 15 is 0 Å². The Morgan fingerprint density at radius 1 is 1.04 bits per heavy atom. The Morgan fingerprint density at radius 2 is 1.70 bits per heavy atom. The molecule has 1 heterocycles. The monoisotopic (exact) mass is 339 g/mol. The van der Waals surface area contributed by atoms with Crippen molar-refractivity contribution in [2.75, 3.05) is 52.1 Å². The number of sulfonamides is 1. The van der Waals surface area contributed by atoms with Gasteiger partial charge in [-0.2, -0.15) is 4.31 Å². The average molecular weight is 340 g/mol. The summed E-state index contributed by atoms with van der Waals surface area (Å²) in [5.41, 5.74) is 1.03. The standard InChI is InChI=1S/C17H29N3O2S/c1-3-18-10-7-11-19(13-12-18)14-15-20(23(2,21)22)16-17-8-5-4-6-9-17/h4-6,8-9H,3,7,10-16H2,1-2H3. The molecule has 0 N–H and O–H groups in total. The molecule has 0 atom stereocenters. The van der Waals surface area contributed by atoms with Crippen LogP contribution in [0.25, 0.3) is 0 Å². The molecule has 0 bridgehead atoms. The third-order valence-corrected chi connectivity index (χ3v) is 5.71. The van der Waals surface area contributed by atoms with Gasteiger partial charge >= 0.3 is 0 Å². The van der Waals surface area contributed by atoms with Gasteiger partial charge in [0.15, 0.2) is 0 Å². The SMILES string of the molecule is CCN1CCCN(CCN(Cc2ccccc2)S(C)(=O)=O)CC1. The van der Waals surface area contributed by atoms with E-state index in [2.05, 4.69) is 16.7 Å². The lowest BCUT2D eigenvalue weighted by atomic mass is 10.2. The first-order chi connectivity index (χ1) is 11.0. The molecule has 1 aromatic rings. The van der Waals surface area contributed by atoms with Gasteiger partial charge < -0.3 is 9.80 Å². The maximum absolute atomic E-state index is 12.1. The third-order valence-electron chi connectivity index (χ3n) is 4.46. The summed E-state index contributed by atoms with van der Waals surface area (Å²) >= 11 is 0. The Balaban J connectivity index is 1.91. The fourth-order valence-electron chi connectivity index (χ4n) is 2.97. The molecule has 0 radical (unpaired) electrons. The van der Waals surface area contributed by atoms with Crippen LogP contribution in [0, 0.1) is 0 Å². The van der Waals surface area contributed by atoms with Crippen molar-refractivity contribution in [3.8, 4) is 0 Å². The molecule has 130 valence electrons. The molecule has 0 unspecified atom stereocenters. The van der Waals surface area contributed by atoms with Crippen LogP contribution in [-0.4, -0.2) is 74.6 Å². The fourth-order valence-corrected chi connectivity index (χ4v) is 3.76. The van der Waals surface area contributed by atoms with Crippen LogP contribution in [0.4, 0.5) is 0 Å². The summed E-state index contributed by atoms with van der Waals surface area (Å²) in [4.78, 5) is 4.84. The number of likely N-dealkylation sites (N-methyl/N-ethyl adjacent to an activating group) is 1. The van der Waals surface area contributed by atoms with Crippen molar-refractivity contribution in [3.05, 3.63) is 35.9 Å². The topological polar surface area (TPSA) is 43.9 Å². The van der Waals surface area contributed by atoms with Gasteiger partial charge in [-0.05, 0) is 31.6 Å². The number of hydrogen-bond donors (Lipinski definition) is 0. The van der Waals surface area contributed by atoms with E-state index in [1.54, 1.807) is 4.31 Å². The zero-order valence-electron chi connectivity index (χ0n) is 14.3. The van der Waals surface area contributed by atoms with Gasteiger partial charge in [-0.3, -0.25) is 0 Å². The van der Waals surface area contributed by atoms with Gasteiger partial charge in [0.1, 0.15) is 0 Å². The molecule has 2 rings (SSSR count). The van der Waals surface area contributed by atoms with Crippen LogP contribution in [0.3, 0.4) is 0 Å². The first-order valence-electron chi connectivity index (χ1n) is 8.43.